The van der Waals surface area contributed by atoms with Crippen LogP contribution in [0.4, 0.5) is 0 Å². The number of fused-ring (bicyclic) bond motifs is 1. The number of hydrogen-bond acceptors (Lipinski definition) is 3. The molecule has 3 nitrogen and oxygen atoms in total. The molecule has 0 saturated carbocycles. The van der Waals surface area contributed by atoms with Crippen molar-refractivity contribution in [2.75, 3.05) is 40.3 Å². The van der Waals surface area contributed by atoms with Crippen molar-refractivity contribution in [3.63, 3.8) is 0 Å². The monoisotopic (exact) mass is 197 g/mol. The molecular formula is C11H23N3. The summed E-state index contributed by atoms with van der Waals surface area (Å²) in [6.07, 6.45) is 4.22. The van der Waals surface area contributed by atoms with Crippen LogP contribution in [0.25, 0.3) is 0 Å². The Kier molecular flexibility index (Phi) is 3.42. The number of hydrogen-bond donors (Lipinski definition) is 1. The zero-order valence-corrected chi connectivity index (χ0v) is 9.50. The third-order valence-corrected chi connectivity index (χ3v) is 3.85. The minimum atomic E-state index is 0.825. The quantitative estimate of drug-likeness (QED) is 0.703. The summed E-state index contributed by atoms with van der Waals surface area (Å²) in [4.78, 5) is 5.23. The second kappa shape index (κ2) is 4.60. The number of nitrogens with zero attached hydrogens (tertiary/aromatic N) is 2. The summed E-state index contributed by atoms with van der Waals surface area (Å²) in [5.74, 6) is 0. The van der Waals surface area contributed by atoms with Crippen LogP contribution in [0.3, 0.4) is 0 Å². The van der Waals surface area contributed by atoms with E-state index >= 15 is 0 Å². The van der Waals surface area contributed by atoms with Gasteiger partial charge in [-0.1, -0.05) is 0 Å². The molecule has 0 aliphatic carbocycles. The molecule has 2 aliphatic heterocycles. The van der Waals surface area contributed by atoms with Crippen LogP contribution >= 0.6 is 0 Å². The molecule has 2 saturated heterocycles. The molecule has 0 aromatic carbocycles. The number of likely N-dealkylation sites (N-methyl/N-ethyl adjacent to an activating group) is 2. The van der Waals surface area contributed by atoms with E-state index in [1.807, 2.05) is 7.05 Å². The maximum absolute atomic E-state index is 3.23. The van der Waals surface area contributed by atoms with Crippen molar-refractivity contribution in [3.05, 3.63) is 0 Å². The lowest BCUT2D eigenvalue weighted by Gasteiger charge is -2.29. The molecule has 0 aromatic rings. The lowest BCUT2D eigenvalue weighted by molar-refractivity contribution is 0.194. The number of nitrogens with one attached hydrogen (secondary N) is 1. The van der Waals surface area contributed by atoms with Gasteiger partial charge in [-0.2, -0.15) is 0 Å². The molecule has 2 fully saturated rings. The normalized spacial score (nSPS) is 32.8. The molecule has 0 aromatic heterocycles. The fraction of sp³-hybridized carbons (Fsp3) is 1.00. The highest BCUT2D eigenvalue weighted by Crippen LogP contribution is 2.30. The summed E-state index contributed by atoms with van der Waals surface area (Å²) in [5.41, 5.74) is 0. The third kappa shape index (κ3) is 1.95. The Hall–Kier alpha value is -0.120. The van der Waals surface area contributed by atoms with Gasteiger partial charge in [0.05, 0.1) is 0 Å². The molecule has 82 valence electrons. The first kappa shape index (κ1) is 10.4. The Morgan fingerprint density at radius 3 is 3.00 bits per heavy atom. The predicted octanol–water partition coefficient (Wildman–Crippen LogP) is 0.374. The summed E-state index contributed by atoms with van der Waals surface area (Å²) in [6, 6.07) is 1.70. The molecule has 0 amide bonds. The van der Waals surface area contributed by atoms with E-state index in [4.69, 9.17) is 0 Å². The van der Waals surface area contributed by atoms with E-state index in [1.165, 1.54) is 38.9 Å². The molecule has 3 heteroatoms. The molecule has 1 N–H and O–H groups in total. The minimum Gasteiger partial charge on any atom is -0.318 e. The van der Waals surface area contributed by atoms with Gasteiger partial charge in [0.25, 0.3) is 0 Å². The Morgan fingerprint density at radius 2 is 2.21 bits per heavy atom. The highest BCUT2D eigenvalue weighted by molar-refractivity contribution is 4.96. The summed E-state index contributed by atoms with van der Waals surface area (Å²) in [5, 5.41) is 3.23. The van der Waals surface area contributed by atoms with E-state index in [9.17, 15) is 0 Å². The van der Waals surface area contributed by atoms with Gasteiger partial charge < -0.3 is 10.2 Å². The minimum absolute atomic E-state index is 0.825. The van der Waals surface area contributed by atoms with Gasteiger partial charge in [-0.25, -0.2) is 0 Å². The fourth-order valence-corrected chi connectivity index (χ4v) is 3.02. The van der Waals surface area contributed by atoms with Crippen LogP contribution < -0.4 is 5.32 Å². The average Bonchev–Trinajstić information content (AvgIpc) is 2.74. The van der Waals surface area contributed by atoms with Gasteiger partial charge in [-0.05, 0) is 39.9 Å². The molecule has 0 spiro atoms. The van der Waals surface area contributed by atoms with Crippen molar-refractivity contribution in [2.45, 2.75) is 31.3 Å². The lowest BCUT2D eigenvalue weighted by atomic mass is 10.1. The topological polar surface area (TPSA) is 18.5 Å². The Balaban J connectivity index is 1.85. The van der Waals surface area contributed by atoms with Crippen LogP contribution in [0.1, 0.15) is 19.3 Å². The molecular weight excluding hydrogens is 174 g/mol. The molecule has 2 heterocycles. The van der Waals surface area contributed by atoms with Crippen LogP contribution in [0.5, 0.6) is 0 Å². The largest absolute Gasteiger partial charge is 0.318 e. The first-order valence-corrected chi connectivity index (χ1v) is 5.92. The van der Waals surface area contributed by atoms with Gasteiger partial charge >= 0.3 is 0 Å². The first-order chi connectivity index (χ1) is 6.83. The highest BCUT2D eigenvalue weighted by Gasteiger charge is 2.38. The molecule has 2 atom stereocenters. The van der Waals surface area contributed by atoms with Gasteiger partial charge in [0, 0.05) is 31.7 Å². The predicted molar refractivity (Wildman–Crippen MR) is 59.6 cm³/mol. The van der Waals surface area contributed by atoms with Crippen LogP contribution in [-0.2, 0) is 0 Å². The maximum Gasteiger partial charge on any atom is 0.0261 e. The van der Waals surface area contributed by atoms with Gasteiger partial charge in [-0.15, -0.1) is 0 Å². The van der Waals surface area contributed by atoms with E-state index in [0.717, 1.165) is 18.6 Å². The van der Waals surface area contributed by atoms with Crippen molar-refractivity contribution in [2.24, 2.45) is 0 Å². The van der Waals surface area contributed by atoms with Crippen molar-refractivity contribution < 1.29 is 0 Å². The molecule has 2 unspecified atom stereocenters. The molecule has 0 bridgehead atoms. The second-order valence-electron chi connectivity index (χ2n) is 4.69. The van der Waals surface area contributed by atoms with E-state index in [0.29, 0.717) is 0 Å². The molecule has 14 heavy (non-hydrogen) atoms. The maximum atomic E-state index is 3.23. The Labute approximate surface area is 87.4 Å². The van der Waals surface area contributed by atoms with Crippen LogP contribution in [0.15, 0.2) is 0 Å². The summed E-state index contributed by atoms with van der Waals surface area (Å²) < 4.78 is 0. The Bertz CT molecular complexity index is 183. The standard InChI is InChI=1S/C11H23N3/c1-12-6-9-13(2)10-5-8-14-7-3-4-11(10)14/h10-12H,3-9H2,1-2H3. The molecule has 0 radical (unpaired) electrons. The van der Waals surface area contributed by atoms with Crippen LogP contribution in [-0.4, -0.2) is 62.2 Å². The smallest absolute Gasteiger partial charge is 0.0261 e. The van der Waals surface area contributed by atoms with Crippen molar-refractivity contribution in [1.29, 1.82) is 0 Å². The summed E-state index contributed by atoms with van der Waals surface area (Å²) in [7, 11) is 4.31. The zero-order chi connectivity index (χ0) is 9.97. The first-order valence-electron chi connectivity index (χ1n) is 5.92. The SMILES string of the molecule is CNCCN(C)C1CCN2CCCC12. The third-order valence-electron chi connectivity index (χ3n) is 3.85. The van der Waals surface area contributed by atoms with E-state index in [2.05, 4.69) is 22.2 Å². The fourth-order valence-electron chi connectivity index (χ4n) is 3.02. The van der Waals surface area contributed by atoms with Gasteiger partial charge in [0.1, 0.15) is 0 Å². The average molecular weight is 197 g/mol. The second-order valence-corrected chi connectivity index (χ2v) is 4.69. The highest BCUT2D eigenvalue weighted by atomic mass is 15.3. The van der Waals surface area contributed by atoms with Crippen molar-refractivity contribution >= 4 is 0 Å². The van der Waals surface area contributed by atoms with Gasteiger partial charge in [0.15, 0.2) is 0 Å². The lowest BCUT2D eigenvalue weighted by Crippen LogP contribution is -2.42. The van der Waals surface area contributed by atoms with E-state index in [1.54, 1.807) is 0 Å². The molecule has 2 aliphatic rings. The van der Waals surface area contributed by atoms with Gasteiger partial charge in [-0.3, -0.25) is 4.90 Å². The summed E-state index contributed by atoms with van der Waals surface area (Å²) >= 11 is 0. The van der Waals surface area contributed by atoms with Crippen molar-refractivity contribution in [3.8, 4) is 0 Å². The Morgan fingerprint density at radius 1 is 1.36 bits per heavy atom. The van der Waals surface area contributed by atoms with Crippen LogP contribution in [0, 0.1) is 0 Å². The van der Waals surface area contributed by atoms with Crippen LogP contribution in [0.2, 0.25) is 0 Å². The zero-order valence-electron chi connectivity index (χ0n) is 9.50. The van der Waals surface area contributed by atoms with Crippen molar-refractivity contribution in [1.82, 2.24) is 15.1 Å². The molecule has 2 rings (SSSR count). The van der Waals surface area contributed by atoms with E-state index < -0.39 is 0 Å². The summed E-state index contributed by atoms with van der Waals surface area (Å²) in [6.45, 7) is 4.98. The number of rotatable bonds is 4. The van der Waals surface area contributed by atoms with E-state index in [-0.39, 0.29) is 0 Å². The van der Waals surface area contributed by atoms with Gasteiger partial charge in [0.2, 0.25) is 0 Å².